The Morgan fingerprint density at radius 3 is 2.36 bits per heavy atom. The quantitative estimate of drug-likeness (QED) is 0.255. The van der Waals surface area contributed by atoms with Crippen LogP contribution in [0.1, 0.15) is 98.9 Å². The summed E-state index contributed by atoms with van der Waals surface area (Å²) in [5.41, 5.74) is 5.41. The number of rotatable bonds is 10. The lowest BCUT2D eigenvalue weighted by Crippen LogP contribution is -2.45. The molecule has 244 valence electrons. The number of likely N-dealkylation sites (tertiary alicyclic amines) is 2. The van der Waals surface area contributed by atoms with Crippen LogP contribution in [0.4, 0.5) is 4.39 Å². The number of carboxylic acids is 1. The number of hydrogen-bond donors (Lipinski definition) is 1. The molecule has 6 nitrogen and oxygen atoms in total. The second-order valence-electron chi connectivity index (χ2n) is 13.6. The minimum atomic E-state index is -0.688. The fraction of sp³-hybridized carbons (Fsp3) is 0.579. The van der Waals surface area contributed by atoms with E-state index in [9.17, 15) is 14.3 Å². The fourth-order valence-corrected chi connectivity index (χ4v) is 7.87. The number of carbonyl (C=O) groups is 1. The van der Waals surface area contributed by atoms with Crippen LogP contribution in [0.5, 0.6) is 0 Å². The SMILES string of the molecule is CCCn1ncc(CCc2ccccc2)c1C1CCN(C)CC1.O=C(O)C(C1CCCCC1)N1CCC(c2cccc(F)c2)C1. The van der Waals surface area contributed by atoms with Gasteiger partial charge in [0.05, 0.1) is 6.20 Å². The molecule has 1 aromatic heterocycles. The fourth-order valence-electron chi connectivity index (χ4n) is 7.87. The van der Waals surface area contributed by atoms with Crippen LogP contribution < -0.4 is 0 Å². The van der Waals surface area contributed by atoms with Gasteiger partial charge in [0.2, 0.25) is 0 Å². The van der Waals surface area contributed by atoms with Gasteiger partial charge >= 0.3 is 5.97 Å². The van der Waals surface area contributed by atoms with Crippen molar-refractivity contribution >= 4 is 5.97 Å². The molecule has 0 spiro atoms. The molecule has 45 heavy (non-hydrogen) atoms. The normalized spacial score (nSPS) is 20.9. The van der Waals surface area contributed by atoms with Gasteiger partial charge in [-0.05, 0) is 119 Å². The lowest BCUT2D eigenvalue weighted by atomic mass is 9.83. The largest absolute Gasteiger partial charge is 0.480 e. The average molecular weight is 617 g/mol. The topological polar surface area (TPSA) is 61.6 Å². The van der Waals surface area contributed by atoms with Gasteiger partial charge in [0.25, 0.3) is 0 Å². The smallest absolute Gasteiger partial charge is 0.321 e. The lowest BCUT2D eigenvalue weighted by Gasteiger charge is -2.33. The summed E-state index contributed by atoms with van der Waals surface area (Å²) < 4.78 is 15.7. The van der Waals surface area contributed by atoms with Crippen LogP contribution in [0.25, 0.3) is 0 Å². The molecule has 3 fully saturated rings. The van der Waals surface area contributed by atoms with E-state index in [0.29, 0.717) is 5.92 Å². The molecule has 3 aliphatic rings. The van der Waals surface area contributed by atoms with E-state index in [1.807, 2.05) is 6.07 Å². The molecule has 2 aliphatic heterocycles. The summed E-state index contributed by atoms with van der Waals surface area (Å²) >= 11 is 0. The molecule has 7 heteroatoms. The van der Waals surface area contributed by atoms with E-state index in [1.54, 1.807) is 12.1 Å². The highest BCUT2D eigenvalue weighted by Crippen LogP contribution is 2.35. The van der Waals surface area contributed by atoms with Gasteiger partial charge in [-0.1, -0.05) is 68.7 Å². The van der Waals surface area contributed by atoms with E-state index in [2.05, 4.69) is 65.0 Å². The minimum absolute atomic E-state index is 0.210. The molecule has 1 aliphatic carbocycles. The van der Waals surface area contributed by atoms with E-state index in [4.69, 9.17) is 5.10 Å². The number of hydrogen-bond acceptors (Lipinski definition) is 4. The summed E-state index contributed by atoms with van der Waals surface area (Å²) in [6.45, 7) is 7.24. The van der Waals surface area contributed by atoms with Crippen LogP contribution in [0.15, 0.2) is 60.8 Å². The summed E-state index contributed by atoms with van der Waals surface area (Å²) in [7, 11) is 2.23. The molecular formula is C38H53FN4O2. The molecule has 1 saturated carbocycles. The number of aryl methyl sites for hydroxylation is 3. The van der Waals surface area contributed by atoms with Gasteiger partial charge in [0.1, 0.15) is 11.9 Å². The monoisotopic (exact) mass is 616 g/mol. The number of piperidine rings is 1. The first kappa shape index (κ1) is 33.3. The maximum absolute atomic E-state index is 13.4. The van der Waals surface area contributed by atoms with Gasteiger partial charge in [0, 0.05) is 24.7 Å². The van der Waals surface area contributed by atoms with E-state index >= 15 is 0 Å². The van der Waals surface area contributed by atoms with Crippen LogP contribution >= 0.6 is 0 Å². The Hall–Kier alpha value is -3.03. The number of aromatic nitrogens is 2. The maximum Gasteiger partial charge on any atom is 0.321 e. The molecule has 1 N–H and O–H groups in total. The number of nitrogens with zero attached hydrogens (tertiary/aromatic N) is 4. The van der Waals surface area contributed by atoms with E-state index < -0.39 is 5.97 Å². The highest BCUT2D eigenvalue weighted by atomic mass is 19.1. The molecule has 3 heterocycles. The second-order valence-corrected chi connectivity index (χ2v) is 13.6. The van der Waals surface area contributed by atoms with Crippen molar-refractivity contribution in [3.63, 3.8) is 0 Å². The molecule has 6 rings (SSSR count). The van der Waals surface area contributed by atoms with Gasteiger partial charge in [0.15, 0.2) is 0 Å². The van der Waals surface area contributed by atoms with Crippen molar-refractivity contribution in [3.8, 4) is 0 Å². The van der Waals surface area contributed by atoms with Gasteiger partial charge in [-0.25, -0.2) is 4.39 Å². The Morgan fingerprint density at radius 1 is 0.933 bits per heavy atom. The van der Waals surface area contributed by atoms with Crippen LogP contribution in [0.2, 0.25) is 0 Å². The molecule has 2 atom stereocenters. The van der Waals surface area contributed by atoms with Crippen molar-refractivity contribution in [1.82, 2.24) is 19.6 Å². The Morgan fingerprint density at radius 2 is 1.67 bits per heavy atom. The Bertz CT molecular complexity index is 1330. The number of carboxylic acid groups (broad SMARTS) is 1. The van der Waals surface area contributed by atoms with E-state index in [0.717, 1.165) is 76.6 Å². The first-order valence-corrected chi connectivity index (χ1v) is 17.4. The van der Waals surface area contributed by atoms with Crippen LogP contribution in [-0.4, -0.2) is 69.9 Å². The lowest BCUT2D eigenvalue weighted by molar-refractivity contribution is -0.145. The molecule has 2 saturated heterocycles. The second kappa shape index (κ2) is 16.5. The molecule has 3 aromatic rings. The zero-order chi connectivity index (χ0) is 31.6. The zero-order valence-corrected chi connectivity index (χ0v) is 27.4. The van der Waals surface area contributed by atoms with Gasteiger partial charge in [-0.3, -0.25) is 14.4 Å². The number of benzene rings is 2. The molecular weight excluding hydrogens is 563 g/mol. The first-order chi connectivity index (χ1) is 21.9. The zero-order valence-electron chi connectivity index (χ0n) is 27.4. The van der Waals surface area contributed by atoms with Crippen LogP contribution in [0.3, 0.4) is 0 Å². The van der Waals surface area contributed by atoms with Crippen molar-refractivity contribution in [2.24, 2.45) is 5.92 Å². The van der Waals surface area contributed by atoms with Crippen LogP contribution in [0, 0.1) is 11.7 Å². The molecule has 2 aromatic carbocycles. The Kier molecular flexibility index (Phi) is 12.2. The standard InChI is InChI=1S/C20H29N3.C18H24FNO2/c1-3-13-23-20(18-11-14-22(2)15-12-18)19(16-21-23)10-9-17-7-5-4-6-8-17;19-16-8-4-7-14(11-16)15-9-10-20(12-15)17(18(21)22)13-5-2-1-3-6-13/h4-8,16,18H,3,9-15H2,1-2H3;4,7-8,11,13,15,17H,1-3,5-6,9-10,12H2,(H,21,22). The Labute approximate surface area is 269 Å². The predicted molar refractivity (Wildman–Crippen MR) is 179 cm³/mol. The van der Waals surface area contributed by atoms with Crippen molar-refractivity contribution in [2.75, 3.05) is 33.2 Å². The number of aliphatic carboxylic acids is 1. The van der Waals surface area contributed by atoms with Gasteiger partial charge < -0.3 is 10.0 Å². The third-order valence-electron chi connectivity index (χ3n) is 10.3. The van der Waals surface area contributed by atoms with Crippen LogP contribution in [-0.2, 0) is 24.2 Å². The highest BCUT2D eigenvalue weighted by Gasteiger charge is 2.38. The van der Waals surface area contributed by atoms with E-state index in [1.165, 1.54) is 55.2 Å². The third kappa shape index (κ3) is 9.04. The molecule has 0 radical (unpaired) electrons. The number of halogens is 1. The van der Waals surface area contributed by atoms with Crippen molar-refractivity contribution in [3.05, 3.63) is 89.0 Å². The summed E-state index contributed by atoms with van der Waals surface area (Å²) in [6.07, 6.45) is 14.5. The predicted octanol–water partition coefficient (Wildman–Crippen LogP) is 7.54. The average Bonchev–Trinajstić information content (AvgIpc) is 3.70. The summed E-state index contributed by atoms with van der Waals surface area (Å²) in [4.78, 5) is 16.3. The Balaban J connectivity index is 0.000000178. The minimum Gasteiger partial charge on any atom is -0.480 e. The summed E-state index contributed by atoms with van der Waals surface area (Å²) in [6, 6.07) is 17.2. The molecule has 2 unspecified atom stereocenters. The van der Waals surface area contributed by atoms with Crippen molar-refractivity contribution in [1.29, 1.82) is 0 Å². The highest BCUT2D eigenvalue weighted by molar-refractivity contribution is 5.74. The summed E-state index contributed by atoms with van der Waals surface area (Å²) in [5.74, 6) is 0.314. The van der Waals surface area contributed by atoms with Gasteiger partial charge in [-0.15, -0.1) is 0 Å². The van der Waals surface area contributed by atoms with Gasteiger partial charge in [-0.2, -0.15) is 5.10 Å². The van der Waals surface area contributed by atoms with E-state index in [-0.39, 0.29) is 23.7 Å². The van der Waals surface area contributed by atoms with Crippen molar-refractivity contribution < 1.29 is 14.3 Å². The maximum atomic E-state index is 13.4. The third-order valence-corrected chi connectivity index (χ3v) is 10.3. The van der Waals surface area contributed by atoms with Crippen molar-refractivity contribution in [2.45, 2.75) is 102 Å². The molecule has 0 bridgehead atoms. The summed E-state index contributed by atoms with van der Waals surface area (Å²) in [5, 5.41) is 14.4. The first-order valence-electron chi connectivity index (χ1n) is 17.4. The molecule has 0 amide bonds.